The molecule has 2 saturated heterocycles. The lowest BCUT2D eigenvalue weighted by atomic mass is 9.86. The number of amides is 4. The maximum absolute atomic E-state index is 12.2. The third-order valence-electron chi connectivity index (χ3n) is 7.04. The number of nitrogens with zero attached hydrogens (tertiary/aromatic N) is 2. The molecule has 0 unspecified atom stereocenters. The monoisotopic (exact) mass is 628 g/mol. The second-order valence-corrected chi connectivity index (χ2v) is 11.4. The highest BCUT2D eigenvalue weighted by molar-refractivity contribution is 7.59. The van der Waals surface area contributed by atoms with Gasteiger partial charge in [-0.2, -0.15) is 13.5 Å². The van der Waals surface area contributed by atoms with E-state index < -0.39 is 18.0 Å². The molecule has 2 aliphatic heterocycles. The number of methoxy groups -OCH3 is 2. The van der Waals surface area contributed by atoms with E-state index in [0.717, 1.165) is 6.42 Å². The number of nitrogens with one attached hydrogen (secondary N) is 2. The van der Waals surface area contributed by atoms with Crippen molar-refractivity contribution in [2.24, 2.45) is 10.8 Å². The number of carbonyl (C=O) groups excluding carboxylic acids is 4. The van der Waals surface area contributed by atoms with Crippen LogP contribution in [0.4, 0.5) is 9.59 Å². The van der Waals surface area contributed by atoms with E-state index in [1.54, 1.807) is 15.9 Å². The Morgan fingerprint density at radius 3 is 1.77 bits per heavy atom. The highest BCUT2D eigenvalue weighted by atomic mass is 32.1. The van der Waals surface area contributed by atoms with Gasteiger partial charge in [0.05, 0.1) is 40.6 Å². The molecule has 0 aliphatic carbocycles. The molecule has 0 radical (unpaired) electrons. The van der Waals surface area contributed by atoms with E-state index in [1.807, 2.05) is 39.8 Å². The van der Waals surface area contributed by atoms with Gasteiger partial charge >= 0.3 is 24.0 Å². The number of rotatable bonds is 11. The number of morpholine rings is 2. The van der Waals surface area contributed by atoms with E-state index in [2.05, 4.69) is 23.8 Å². The van der Waals surface area contributed by atoms with Crippen LogP contribution in [0, 0.1) is 10.8 Å². The Kier molecular flexibility index (Phi) is 18.6. The number of urea groups is 2. The Morgan fingerprint density at radius 2 is 1.33 bits per heavy atom. The fraction of sp³-hybridized carbons (Fsp3) is 0.667. The second kappa shape index (κ2) is 20.0. The molecule has 0 saturated carbocycles. The largest absolute Gasteiger partial charge is 0.467 e. The summed E-state index contributed by atoms with van der Waals surface area (Å²) >= 11 is 0. The molecule has 0 aromatic heterocycles. The van der Waals surface area contributed by atoms with Crippen molar-refractivity contribution in [3.05, 3.63) is 37.1 Å². The minimum absolute atomic E-state index is 0. The van der Waals surface area contributed by atoms with Crippen molar-refractivity contribution in [3.63, 3.8) is 0 Å². The van der Waals surface area contributed by atoms with Crippen LogP contribution in [0.1, 0.15) is 47.0 Å². The second-order valence-electron chi connectivity index (χ2n) is 11.4. The summed E-state index contributed by atoms with van der Waals surface area (Å²) in [5.74, 6) is -0.979. The first-order valence-corrected chi connectivity index (χ1v) is 14.2. The highest BCUT2D eigenvalue weighted by Crippen LogP contribution is 2.24. The van der Waals surface area contributed by atoms with Gasteiger partial charge in [0.15, 0.2) is 0 Å². The zero-order chi connectivity index (χ0) is 31.8. The van der Waals surface area contributed by atoms with Gasteiger partial charge in [-0.05, 0) is 30.1 Å². The van der Waals surface area contributed by atoms with Crippen LogP contribution in [0.25, 0.3) is 0 Å². The summed E-state index contributed by atoms with van der Waals surface area (Å²) in [5.41, 5.74) is -0.0947. The van der Waals surface area contributed by atoms with Crippen molar-refractivity contribution in [2.45, 2.75) is 53.0 Å². The maximum Gasteiger partial charge on any atom is 0.354 e. The molecule has 2 fully saturated rings. The van der Waals surface area contributed by atoms with E-state index in [1.165, 1.54) is 14.2 Å². The minimum atomic E-state index is -0.635. The number of carbonyl (C=O) groups is 4. The summed E-state index contributed by atoms with van der Waals surface area (Å²) in [7, 11) is 2.62. The quantitative estimate of drug-likeness (QED) is 0.202. The molecular weight excluding hydrogens is 576 g/mol. The fourth-order valence-corrected chi connectivity index (χ4v) is 3.72. The van der Waals surface area contributed by atoms with Crippen LogP contribution in [0.15, 0.2) is 37.1 Å². The molecule has 0 bridgehead atoms. The molecule has 2 N–H and O–H groups in total. The Balaban J connectivity index is 0.000000802. The Morgan fingerprint density at radius 1 is 0.837 bits per heavy atom. The molecule has 0 spiro atoms. The van der Waals surface area contributed by atoms with Crippen LogP contribution >= 0.6 is 13.5 Å². The third kappa shape index (κ3) is 15.3. The van der Waals surface area contributed by atoms with Crippen LogP contribution in [0.5, 0.6) is 0 Å². The van der Waals surface area contributed by atoms with Crippen molar-refractivity contribution in [2.75, 3.05) is 66.8 Å². The van der Waals surface area contributed by atoms with Gasteiger partial charge in [-0.25, -0.2) is 19.2 Å². The first-order valence-electron chi connectivity index (χ1n) is 14.2. The summed E-state index contributed by atoms with van der Waals surface area (Å²) in [6.07, 6.45) is 7.16. The van der Waals surface area contributed by atoms with Gasteiger partial charge < -0.3 is 39.4 Å². The number of hydrogen-bond donors (Lipinski definition) is 2. The molecule has 246 valence electrons. The average molecular weight is 629 g/mol. The van der Waals surface area contributed by atoms with Crippen LogP contribution in [-0.2, 0) is 28.5 Å². The van der Waals surface area contributed by atoms with Crippen molar-refractivity contribution < 1.29 is 38.1 Å². The number of esters is 2. The third-order valence-corrected chi connectivity index (χ3v) is 7.04. The maximum atomic E-state index is 12.2. The van der Waals surface area contributed by atoms with Gasteiger partial charge in [-0.3, -0.25) is 0 Å². The van der Waals surface area contributed by atoms with Gasteiger partial charge in [-0.15, -0.1) is 13.2 Å². The van der Waals surface area contributed by atoms with Gasteiger partial charge in [0.1, 0.15) is 11.7 Å². The molecule has 12 nitrogen and oxygen atoms in total. The number of hydrogen-bond acceptors (Lipinski definition) is 8. The van der Waals surface area contributed by atoms with E-state index in [9.17, 15) is 19.2 Å². The van der Waals surface area contributed by atoms with Crippen LogP contribution in [0.2, 0.25) is 0 Å². The molecule has 2 rings (SSSR count). The van der Waals surface area contributed by atoms with Crippen LogP contribution < -0.4 is 10.6 Å². The molecule has 0 aromatic carbocycles. The minimum Gasteiger partial charge on any atom is -0.467 e. The summed E-state index contributed by atoms with van der Waals surface area (Å²) in [4.78, 5) is 51.1. The summed E-state index contributed by atoms with van der Waals surface area (Å²) < 4.78 is 19.9. The van der Waals surface area contributed by atoms with E-state index in [-0.39, 0.29) is 42.1 Å². The summed E-state index contributed by atoms with van der Waals surface area (Å²) in [6, 6.07) is -1.19. The first-order chi connectivity index (χ1) is 19.8. The average Bonchev–Trinajstić information content (AvgIpc) is 3.01. The van der Waals surface area contributed by atoms with Crippen molar-refractivity contribution in [1.82, 2.24) is 20.4 Å². The number of allylic oxidation sites excluding steroid dienone is 3. The molecule has 0 aromatic rings. The van der Waals surface area contributed by atoms with E-state index in [0.29, 0.717) is 65.4 Å². The van der Waals surface area contributed by atoms with Crippen molar-refractivity contribution in [1.29, 1.82) is 0 Å². The predicted molar refractivity (Wildman–Crippen MR) is 170 cm³/mol. The Labute approximate surface area is 263 Å². The molecule has 13 heteroatoms. The number of ether oxygens (including phenoxy) is 4. The normalized spacial score (nSPS) is 16.3. The lowest BCUT2D eigenvalue weighted by Gasteiger charge is -2.29. The van der Waals surface area contributed by atoms with E-state index in [4.69, 9.17) is 18.9 Å². The van der Waals surface area contributed by atoms with Crippen LogP contribution in [-0.4, -0.2) is 107 Å². The Hall–Kier alpha value is -3.03. The standard InChI is InChI=1S/C15H26N2O4.C15H24N2O4.H2S/c2*1-5-15(2,3)7-6-12(13(18)20-4)16-14(19)17-8-10-21-11-9-17;/h5,12H,1,6-11H2,2-4H3,(H,16,19);5-6H,1,7-11H2,2-4H3,(H,16,19);1H2/b;12-6-;/t12-;;/m0../s1. The smallest absolute Gasteiger partial charge is 0.354 e. The molecular formula is C30H52N4O8S. The lowest BCUT2D eigenvalue weighted by Crippen LogP contribution is -2.51. The highest BCUT2D eigenvalue weighted by Gasteiger charge is 2.27. The fourth-order valence-electron chi connectivity index (χ4n) is 3.72. The molecule has 43 heavy (non-hydrogen) atoms. The van der Waals surface area contributed by atoms with Gasteiger partial charge in [0.2, 0.25) is 0 Å². The van der Waals surface area contributed by atoms with E-state index >= 15 is 0 Å². The van der Waals surface area contributed by atoms with Gasteiger partial charge in [0.25, 0.3) is 0 Å². The van der Waals surface area contributed by atoms with Gasteiger partial charge in [-0.1, -0.05) is 45.9 Å². The lowest BCUT2D eigenvalue weighted by molar-refractivity contribution is -0.143. The zero-order valence-electron chi connectivity index (χ0n) is 26.7. The molecule has 1 atom stereocenters. The molecule has 4 amide bonds. The van der Waals surface area contributed by atoms with Crippen molar-refractivity contribution in [3.8, 4) is 0 Å². The summed E-state index contributed by atoms with van der Waals surface area (Å²) in [5, 5.41) is 5.37. The zero-order valence-corrected chi connectivity index (χ0v) is 27.7. The Bertz CT molecular complexity index is 958. The molecule has 2 aliphatic rings. The van der Waals surface area contributed by atoms with Crippen molar-refractivity contribution >= 4 is 37.5 Å². The first kappa shape index (κ1) is 40.0. The van der Waals surface area contributed by atoms with Gasteiger partial charge in [0, 0.05) is 26.2 Å². The topological polar surface area (TPSA) is 136 Å². The SMILES string of the molecule is C=CC(C)(C)C/C=C(\NC(=O)N1CCOCC1)C(=O)OC.C=CC(C)(C)CC[C@H](NC(=O)N1CCOCC1)C(=O)OC.S. The molecule has 2 heterocycles. The van der Waals surface area contributed by atoms with Crippen LogP contribution in [0.3, 0.4) is 0 Å². The predicted octanol–water partition coefficient (Wildman–Crippen LogP) is 3.36. The summed E-state index contributed by atoms with van der Waals surface area (Å²) in [6.45, 7) is 19.8.